The average molecular weight is 330 g/mol. The van der Waals surface area contributed by atoms with Crippen LogP contribution in [0.15, 0.2) is 36.4 Å². The van der Waals surface area contributed by atoms with E-state index in [1.165, 1.54) is 12.1 Å². The van der Waals surface area contributed by atoms with Gasteiger partial charge < -0.3 is 9.84 Å². The molecule has 0 aliphatic rings. The number of benzene rings is 2. The van der Waals surface area contributed by atoms with E-state index in [4.69, 9.17) is 10.00 Å². The fourth-order valence-electron chi connectivity index (χ4n) is 2.28. The predicted molar refractivity (Wildman–Crippen MR) is 78.8 cm³/mol. The molecule has 0 fully saturated rings. The van der Waals surface area contributed by atoms with Gasteiger partial charge in [0, 0.05) is 10.8 Å². The lowest BCUT2D eigenvalue weighted by Gasteiger charge is -2.11. The highest BCUT2D eigenvalue weighted by atomic mass is 19.1. The molecule has 0 unspecified atom stereocenters. The molecule has 0 amide bonds. The number of nitrogens with zero attached hydrogens (tertiary/aromatic N) is 2. The van der Waals surface area contributed by atoms with Gasteiger partial charge in [0.05, 0.1) is 5.56 Å². The summed E-state index contributed by atoms with van der Waals surface area (Å²) in [7, 11) is 0. The first-order valence-corrected chi connectivity index (χ1v) is 6.79. The van der Waals surface area contributed by atoms with E-state index in [-0.39, 0.29) is 27.8 Å². The van der Waals surface area contributed by atoms with Crippen LogP contribution in [0.5, 0.6) is 11.8 Å². The van der Waals surface area contributed by atoms with Crippen LogP contribution in [0.2, 0.25) is 0 Å². The Balaban J connectivity index is 2.07. The molecule has 24 heavy (non-hydrogen) atoms. The quantitative estimate of drug-likeness (QED) is 0.793. The minimum Gasteiger partial charge on any atom is -0.492 e. The molecule has 2 aromatic carbocycles. The van der Waals surface area contributed by atoms with Gasteiger partial charge in [0.25, 0.3) is 0 Å². The maximum Gasteiger partial charge on any atom is 0.233 e. The van der Waals surface area contributed by atoms with Gasteiger partial charge in [-0.1, -0.05) is 6.07 Å². The summed E-state index contributed by atoms with van der Waals surface area (Å²) < 4.78 is 46.0. The van der Waals surface area contributed by atoms with E-state index in [1.807, 2.05) is 0 Å². The summed E-state index contributed by atoms with van der Waals surface area (Å²) in [6.45, 7) is -0.511. The SMILES string of the molecule is N#Cc1c(O)nc(OCc2c(F)cccc2F)c2cc(F)ccc12. The molecule has 0 saturated heterocycles. The third kappa shape index (κ3) is 2.70. The minimum absolute atomic E-state index is 0.112. The monoisotopic (exact) mass is 330 g/mol. The Labute approximate surface area is 134 Å². The first-order chi connectivity index (χ1) is 11.5. The number of hydrogen-bond acceptors (Lipinski definition) is 4. The first kappa shape index (κ1) is 15.6. The van der Waals surface area contributed by atoms with Crippen molar-refractivity contribution in [1.29, 1.82) is 5.26 Å². The van der Waals surface area contributed by atoms with E-state index in [2.05, 4.69) is 4.98 Å². The molecule has 0 bridgehead atoms. The van der Waals surface area contributed by atoms with Crippen LogP contribution in [0.1, 0.15) is 11.1 Å². The van der Waals surface area contributed by atoms with E-state index < -0.39 is 29.9 Å². The number of halogens is 3. The van der Waals surface area contributed by atoms with Crippen LogP contribution in [-0.4, -0.2) is 10.1 Å². The maximum absolute atomic E-state index is 13.6. The van der Waals surface area contributed by atoms with Crippen molar-refractivity contribution >= 4 is 10.8 Å². The minimum atomic E-state index is -0.802. The van der Waals surface area contributed by atoms with Gasteiger partial charge in [0.1, 0.15) is 35.7 Å². The van der Waals surface area contributed by atoms with Gasteiger partial charge in [-0.3, -0.25) is 0 Å². The first-order valence-electron chi connectivity index (χ1n) is 6.79. The van der Waals surface area contributed by atoms with Crippen molar-refractivity contribution in [2.75, 3.05) is 0 Å². The van der Waals surface area contributed by atoms with E-state index >= 15 is 0 Å². The second kappa shape index (κ2) is 6.08. The molecule has 0 radical (unpaired) electrons. The van der Waals surface area contributed by atoms with Crippen molar-refractivity contribution in [1.82, 2.24) is 4.98 Å². The Bertz CT molecular complexity index is 963. The summed E-state index contributed by atoms with van der Waals surface area (Å²) in [5.74, 6) is -3.06. The Kier molecular flexibility index (Phi) is 3.96. The highest BCUT2D eigenvalue weighted by molar-refractivity contribution is 5.92. The molecule has 0 atom stereocenters. The number of fused-ring (bicyclic) bond motifs is 1. The zero-order chi connectivity index (χ0) is 17.3. The van der Waals surface area contributed by atoms with E-state index in [1.54, 1.807) is 6.07 Å². The van der Waals surface area contributed by atoms with Gasteiger partial charge in [-0.2, -0.15) is 10.2 Å². The Hall–Kier alpha value is -3.27. The Morgan fingerprint density at radius 2 is 1.79 bits per heavy atom. The molecule has 0 aliphatic carbocycles. The molecule has 0 spiro atoms. The number of pyridine rings is 1. The van der Waals surface area contributed by atoms with Gasteiger partial charge in [0.2, 0.25) is 11.8 Å². The Morgan fingerprint density at radius 1 is 1.08 bits per heavy atom. The van der Waals surface area contributed by atoms with Gasteiger partial charge in [-0.25, -0.2) is 13.2 Å². The van der Waals surface area contributed by atoms with Crippen LogP contribution in [0.3, 0.4) is 0 Å². The summed E-state index contributed by atoms with van der Waals surface area (Å²) in [5, 5.41) is 19.2. The van der Waals surface area contributed by atoms with Gasteiger partial charge in [-0.15, -0.1) is 0 Å². The van der Waals surface area contributed by atoms with E-state index in [0.717, 1.165) is 24.3 Å². The molecule has 0 saturated carbocycles. The topological polar surface area (TPSA) is 66.1 Å². The molecule has 4 nitrogen and oxygen atoms in total. The third-order valence-electron chi connectivity index (χ3n) is 3.44. The smallest absolute Gasteiger partial charge is 0.233 e. The normalized spacial score (nSPS) is 10.6. The summed E-state index contributed by atoms with van der Waals surface area (Å²) in [5.41, 5.74) is -0.470. The average Bonchev–Trinajstić information content (AvgIpc) is 2.54. The lowest BCUT2D eigenvalue weighted by Crippen LogP contribution is -2.04. The highest BCUT2D eigenvalue weighted by Crippen LogP contribution is 2.32. The lowest BCUT2D eigenvalue weighted by molar-refractivity contribution is 0.281. The van der Waals surface area contributed by atoms with Crippen molar-refractivity contribution < 1.29 is 23.0 Å². The van der Waals surface area contributed by atoms with Gasteiger partial charge in [0.15, 0.2) is 0 Å². The highest BCUT2D eigenvalue weighted by Gasteiger charge is 2.16. The molecule has 120 valence electrons. The molecule has 3 rings (SSSR count). The van der Waals surface area contributed by atoms with Gasteiger partial charge >= 0.3 is 0 Å². The summed E-state index contributed by atoms with van der Waals surface area (Å²) in [4.78, 5) is 3.69. The maximum atomic E-state index is 13.6. The second-order valence-electron chi connectivity index (χ2n) is 4.91. The van der Waals surface area contributed by atoms with Crippen LogP contribution >= 0.6 is 0 Å². The lowest BCUT2D eigenvalue weighted by atomic mass is 10.1. The van der Waals surface area contributed by atoms with Crippen molar-refractivity contribution in [3.8, 4) is 17.8 Å². The van der Waals surface area contributed by atoms with Crippen LogP contribution in [-0.2, 0) is 6.61 Å². The fourth-order valence-corrected chi connectivity index (χ4v) is 2.28. The molecule has 1 N–H and O–H groups in total. The molecule has 1 heterocycles. The third-order valence-corrected chi connectivity index (χ3v) is 3.44. The van der Waals surface area contributed by atoms with Crippen LogP contribution in [0.4, 0.5) is 13.2 Å². The fraction of sp³-hybridized carbons (Fsp3) is 0.0588. The van der Waals surface area contributed by atoms with Crippen molar-refractivity contribution in [2.45, 2.75) is 6.61 Å². The van der Waals surface area contributed by atoms with Crippen molar-refractivity contribution in [2.24, 2.45) is 0 Å². The number of rotatable bonds is 3. The molecule has 7 heteroatoms. The number of aromatic hydroxyl groups is 1. The largest absolute Gasteiger partial charge is 0.492 e. The Morgan fingerprint density at radius 3 is 2.46 bits per heavy atom. The number of hydrogen-bond donors (Lipinski definition) is 1. The van der Waals surface area contributed by atoms with E-state index in [9.17, 15) is 18.3 Å². The zero-order valence-corrected chi connectivity index (χ0v) is 12.1. The van der Waals surface area contributed by atoms with Crippen LogP contribution in [0, 0.1) is 28.8 Å². The second-order valence-corrected chi connectivity index (χ2v) is 4.91. The predicted octanol–water partition coefficient (Wildman–Crippen LogP) is 3.81. The van der Waals surface area contributed by atoms with Crippen LogP contribution < -0.4 is 4.74 Å². The summed E-state index contributed by atoms with van der Waals surface area (Å²) in [6.07, 6.45) is 0. The molecular formula is C17H9F3N2O2. The summed E-state index contributed by atoms with van der Waals surface area (Å²) >= 11 is 0. The number of nitriles is 1. The van der Waals surface area contributed by atoms with Crippen LogP contribution in [0.25, 0.3) is 10.8 Å². The van der Waals surface area contributed by atoms with E-state index in [0.29, 0.717) is 0 Å². The standard InChI is InChI=1S/C17H9F3N2O2/c18-9-4-5-10-11(6-9)17(22-16(23)12(10)7-21)24-8-13-14(19)2-1-3-15(13)20/h1-6H,8H2,(H,22,23). The molecule has 0 aliphatic heterocycles. The molecule has 3 aromatic rings. The number of aromatic nitrogens is 1. The molecular weight excluding hydrogens is 321 g/mol. The zero-order valence-electron chi connectivity index (χ0n) is 12.1. The van der Waals surface area contributed by atoms with Crippen molar-refractivity contribution in [3.63, 3.8) is 0 Å². The van der Waals surface area contributed by atoms with Gasteiger partial charge in [-0.05, 0) is 30.3 Å². The number of ether oxygens (including phenoxy) is 1. The van der Waals surface area contributed by atoms with Crippen molar-refractivity contribution in [3.05, 3.63) is 65.0 Å². The molecule has 1 aromatic heterocycles. The summed E-state index contributed by atoms with van der Waals surface area (Å²) in [6, 6.07) is 8.60.